The van der Waals surface area contributed by atoms with E-state index in [1.54, 1.807) is 0 Å². The summed E-state index contributed by atoms with van der Waals surface area (Å²) in [4.78, 5) is 15.2. The summed E-state index contributed by atoms with van der Waals surface area (Å²) in [5, 5.41) is 0. The average Bonchev–Trinajstić information content (AvgIpc) is 2.94. The van der Waals surface area contributed by atoms with Crippen LogP contribution in [0.3, 0.4) is 0 Å². The molecule has 2 N–H and O–H groups in total. The lowest BCUT2D eigenvalue weighted by molar-refractivity contribution is -0.184. The average molecular weight is 296 g/mol. The predicted molar refractivity (Wildman–Crippen MR) is 84.9 cm³/mol. The van der Waals surface area contributed by atoms with E-state index in [-0.39, 0.29) is 23.3 Å². The Kier molecular flexibility index (Phi) is 4.99. The summed E-state index contributed by atoms with van der Waals surface area (Å²) in [5.41, 5.74) is 5.68. The zero-order valence-corrected chi connectivity index (χ0v) is 14.2. The minimum Gasteiger partial charge on any atom is -0.377 e. The van der Waals surface area contributed by atoms with Crippen molar-refractivity contribution in [3.05, 3.63) is 0 Å². The van der Waals surface area contributed by atoms with Gasteiger partial charge >= 0.3 is 0 Å². The van der Waals surface area contributed by atoms with Crippen LogP contribution in [-0.2, 0) is 9.53 Å². The van der Waals surface area contributed by atoms with Gasteiger partial charge in [0.15, 0.2) is 0 Å². The van der Waals surface area contributed by atoms with E-state index in [1.807, 2.05) is 4.90 Å². The Morgan fingerprint density at radius 1 is 1.24 bits per heavy atom. The molecule has 3 unspecified atom stereocenters. The summed E-state index contributed by atoms with van der Waals surface area (Å²) in [6.07, 6.45) is 5.39. The topological polar surface area (TPSA) is 55.6 Å². The third kappa shape index (κ3) is 2.50. The van der Waals surface area contributed by atoms with Gasteiger partial charge in [0.1, 0.15) is 5.54 Å². The molecule has 1 saturated carbocycles. The Morgan fingerprint density at radius 2 is 1.81 bits per heavy atom. The highest BCUT2D eigenvalue weighted by Crippen LogP contribution is 2.58. The maximum atomic E-state index is 13.2. The SMILES string of the molecule is CCCCN(CCCC)C(=O)C1(N)C2CCOC2C1(C)C. The van der Waals surface area contributed by atoms with Crippen molar-refractivity contribution in [2.45, 2.75) is 71.4 Å². The van der Waals surface area contributed by atoms with Crippen molar-refractivity contribution in [3.63, 3.8) is 0 Å². The largest absolute Gasteiger partial charge is 0.377 e. The molecule has 1 aliphatic carbocycles. The van der Waals surface area contributed by atoms with Gasteiger partial charge < -0.3 is 15.4 Å². The maximum Gasteiger partial charge on any atom is 0.243 e. The smallest absolute Gasteiger partial charge is 0.243 e. The lowest BCUT2D eigenvalue weighted by Gasteiger charge is -2.61. The van der Waals surface area contributed by atoms with Gasteiger partial charge in [0.05, 0.1) is 6.10 Å². The monoisotopic (exact) mass is 296 g/mol. The molecule has 3 atom stereocenters. The van der Waals surface area contributed by atoms with Crippen LogP contribution in [0, 0.1) is 11.3 Å². The molecule has 0 spiro atoms. The predicted octanol–water partition coefficient (Wildman–Crippen LogP) is 2.56. The normalized spacial score (nSPS) is 33.4. The number of amides is 1. The summed E-state index contributed by atoms with van der Waals surface area (Å²) >= 11 is 0. The molecule has 0 aromatic carbocycles. The number of hydrogen-bond acceptors (Lipinski definition) is 3. The van der Waals surface area contributed by atoms with E-state index in [1.165, 1.54) is 0 Å². The van der Waals surface area contributed by atoms with E-state index in [0.717, 1.165) is 51.8 Å². The molecule has 1 amide bonds. The molecule has 2 rings (SSSR count). The van der Waals surface area contributed by atoms with Crippen molar-refractivity contribution in [1.82, 2.24) is 4.90 Å². The number of hydrogen-bond donors (Lipinski definition) is 1. The van der Waals surface area contributed by atoms with Gasteiger partial charge in [0.25, 0.3) is 0 Å². The second-order valence-corrected chi connectivity index (χ2v) is 7.28. The summed E-state index contributed by atoms with van der Waals surface area (Å²) in [7, 11) is 0. The van der Waals surface area contributed by atoms with Gasteiger partial charge in [-0.25, -0.2) is 0 Å². The molecule has 2 aliphatic rings. The lowest BCUT2D eigenvalue weighted by atomic mass is 9.47. The van der Waals surface area contributed by atoms with Crippen LogP contribution >= 0.6 is 0 Å². The Hall–Kier alpha value is -0.610. The number of ether oxygens (including phenoxy) is 1. The molecule has 4 nitrogen and oxygen atoms in total. The molecule has 21 heavy (non-hydrogen) atoms. The number of carbonyl (C=O) groups is 1. The third-order valence-corrected chi connectivity index (χ3v) is 5.66. The van der Waals surface area contributed by atoms with Crippen LogP contribution < -0.4 is 5.73 Å². The molecule has 2 fully saturated rings. The molecule has 4 heteroatoms. The van der Waals surface area contributed by atoms with Gasteiger partial charge in [-0.3, -0.25) is 4.79 Å². The molecule has 0 radical (unpaired) electrons. The van der Waals surface area contributed by atoms with Gasteiger partial charge in [0, 0.05) is 31.0 Å². The fourth-order valence-corrected chi connectivity index (χ4v) is 4.09. The zero-order chi connectivity index (χ0) is 15.7. The molecule has 122 valence electrons. The number of nitrogens with two attached hydrogens (primary N) is 1. The highest BCUT2D eigenvalue weighted by atomic mass is 16.5. The first-order chi connectivity index (χ1) is 9.91. The van der Waals surface area contributed by atoms with Crippen LogP contribution in [-0.4, -0.2) is 42.1 Å². The first kappa shape index (κ1) is 16.8. The zero-order valence-electron chi connectivity index (χ0n) is 14.2. The summed E-state index contributed by atoms with van der Waals surface area (Å²) in [6, 6.07) is 0. The van der Waals surface area contributed by atoms with Gasteiger partial charge in [0.2, 0.25) is 5.91 Å². The number of unbranched alkanes of at least 4 members (excludes halogenated alkanes) is 2. The van der Waals surface area contributed by atoms with Crippen molar-refractivity contribution in [1.29, 1.82) is 0 Å². The van der Waals surface area contributed by atoms with Crippen LogP contribution in [0.2, 0.25) is 0 Å². The minimum absolute atomic E-state index is 0.154. The summed E-state index contributed by atoms with van der Waals surface area (Å²) in [5.74, 6) is 0.354. The number of rotatable bonds is 7. The van der Waals surface area contributed by atoms with Crippen LogP contribution in [0.25, 0.3) is 0 Å². The van der Waals surface area contributed by atoms with Gasteiger partial charge in [-0.15, -0.1) is 0 Å². The van der Waals surface area contributed by atoms with Gasteiger partial charge in [-0.05, 0) is 19.3 Å². The Bertz CT molecular complexity index is 375. The van der Waals surface area contributed by atoms with Crippen LogP contribution in [0.15, 0.2) is 0 Å². The second-order valence-electron chi connectivity index (χ2n) is 7.28. The highest BCUT2D eigenvalue weighted by Gasteiger charge is 2.71. The van der Waals surface area contributed by atoms with Crippen LogP contribution in [0.1, 0.15) is 59.8 Å². The molecular weight excluding hydrogens is 264 g/mol. The van der Waals surface area contributed by atoms with Crippen LogP contribution in [0.4, 0.5) is 0 Å². The van der Waals surface area contributed by atoms with E-state index in [9.17, 15) is 4.79 Å². The Morgan fingerprint density at radius 3 is 2.33 bits per heavy atom. The lowest BCUT2D eigenvalue weighted by Crippen LogP contribution is -2.80. The van der Waals surface area contributed by atoms with Crippen LogP contribution in [0.5, 0.6) is 0 Å². The number of carbonyl (C=O) groups excluding carboxylic acids is 1. The maximum absolute atomic E-state index is 13.2. The van der Waals surface area contributed by atoms with Crippen molar-refractivity contribution >= 4 is 5.91 Å². The molecule has 1 heterocycles. The van der Waals surface area contributed by atoms with E-state index in [0.29, 0.717) is 0 Å². The number of nitrogens with zero attached hydrogens (tertiary/aromatic N) is 1. The quantitative estimate of drug-likeness (QED) is 0.785. The molecule has 0 aromatic rings. The van der Waals surface area contributed by atoms with Gasteiger partial charge in [-0.1, -0.05) is 40.5 Å². The fraction of sp³-hybridized carbons (Fsp3) is 0.941. The molecule has 0 aromatic heterocycles. The van der Waals surface area contributed by atoms with E-state index < -0.39 is 5.54 Å². The van der Waals surface area contributed by atoms with Crippen molar-refractivity contribution in [2.75, 3.05) is 19.7 Å². The highest BCUT2D eigenvalue weighted by molar-refractivity contribution is 5.89. The van der Waals surface area contributed by atoms with Crippen molar-refractivity contribution < 1.29 is 9.53 Å². The Labute approximate surface area is 129 Å². The summed E-state index contributed by atoms with van der Waals surface area (Å²) < 4.78 is 5.80. The van der Waals surface area contributed by atoms with Crippen molar-refractivity contribution in [3.8, 4) is 0 Å². The first-order valence-corrected chi connectivity index (χ1v) is 8.61. The summed E-state index contributed by atoms with van der Waals surface area (Å²) in [6.45, 7) is 10.9. The number of fused-ring (bicyclic) bond motifs is 1. The third-order valence-electron chi connectivity index (χ3n) is 5.66. The van der Waals surface area contributed by atoms with E-state index in [2.05, 4.69) is 27.7 Å². The first-order valence-electron chi connectivity index (χ1n) is 8.61. The van der Waals surface area contributed by atoms with E-state index in [4.69, 9.17) is 10.5 Å². The molecule has 0 bridgehead atoms. The molecule has 1 aliphatic heterocycles. The fourth-order valence-electron chi connectivity index (χ4n) is 4.09. The second kappa shape index (κ2) is 6.25. The minimum atomic E-state index is -0.740. The van der Waals surface area contributed by atoms with Gasteiger partial charge in [-0.2, -0.15) is 0 Å². The Balaban J connectivity index is 2.14. The molecular formula is C17H32N2O2. The standard InChI is InChI=1S/C17H32N2O2/c1-5-7-10-19(11-8-6-2)15(20)17(18)13-9-12-21-14(13)16(17,3)4/h13-14H,5-12,18H2,1-4H3. The van der Waals surface area contributed by atoms with Crippen molar-refractivity contribution in [2.24, 2.45) is 17.1 Å². The van der Waals surface area contributed by atoms with E-state index >= 15 is 0 Å². The molecule has 1 saturated heterocycles.